The van der Waals surface area contributed by atoms with Crippen LogP contribution in [0.1, 0.15) is 15.9 Å². The second kappa shape index (κ2) is 8.09. The van der Waals surface area contributed by atoms with Gasteiger partial charge in [-0.3, -0.25) is 10.1 Å². The van der Waals surface area contributed by atoms with E-state index in [0.29, 0.717) is 18.1 Å². The van der Waals surface area contributed by atoms with Crippen molar-refractivity contribution in [2.24, 2.45) is 11.5 Å². The van der Waals surface area contributed by atoms with Crippen LogP contribution >= 0.6 is 0 Å². The van der Waals surface area contributed by atoms with Crippen molar-refractivity contribution in [3.63, 3.8) is 0 Å². The Morgan fingerprint density at radius 2 is 1.70 bits per heavy atom. The van der Waals surface area contributed by atoms with E-state index in [-0.39, 0.29) is 11.4 Å². The van der Waals surface area contributed by atoms with Gasteiger partial charge in [0.2, 0.25) is 0 Å². The fraction of sp³-hybridized carbons (Fsp3) is 0.100. The van der Waals surface area contributed by atoms with Crippen molar-refractivity contribution in [3.8, 4) is 17.0 Å². The summed E-state index contributed by atoms with van der Waals surface area (Å²) >= 11 is 0. The second-order valence-electron chi connectivity index (χ2n) is 5.91. The Labute approximate surface area is 156 Å². The van der Waals surface area contributed by atoms with E-state index in [4.69, 9.17) is 16.2 Å². The first-order chi connectivity index (χ1) is 13.0. The maximum Gasteiger partial charge on any atom is 0.317 e. The number of aromatic nitrogens is 1. The number of amides is 3. The molecule has 0 atom stereocenters. The van der Waals surface area contributed by atoms with Crippen molar-refractivity contribution < 1.29 is 14.3 Å². The third kappa shape index (κ3) is 4.46. The zero-order valence-electron chi connectivity index (χ0n) is 14.6. The molecule has 3 aromatic rings. The minimum absolute atomic E-state index is 0.142. The molecule has 0 bridgehead atoms. The maximum absolute atomic E-state index is 11.6. The number of aromatic amines is 1. The number of hydrogen-bond acceptors (Lipinski definition) is 3. The van der Waals surface area contributed by atoms with Crippen molar-refractivity contribution in [3.05, 3.63) is 71.8 Å². The van der Waals surface area contributed by atoms with Gasteiger partial charge in [0.15, 0.2) is 0 Å². The zero-order chi connectivity index (χ0) is 19.2. The number of rotatable bonds is 7. The Kier molecular flexibility index (Phi) is 5.41. The van der Waals surface area contributed by atoms with Gasteiger partial charge in [-0.15, -0.1) is 0 Å². The van der Waals surface area contributed by atoms with Gasteiger partial charge in [0, 0.05) is 12.0 Å². The molecular formula is C20H20N4O3. The Balaban J connectivity index is 1.83. The molecule has 0 unspecified atom stereocenters. The van der Waals surface area contributed by atoms with Crippen LogP contribution in [0.15, 0.2) is 60.7 Å². The summed E-state index contributed by atoms with van der Waals surface area (Å²) in [5, 5.41) is 2.37. The third-order valence-corrected chi connectivity index (χ3v) is 4.00. The molecule has 7 heteroatoms. The van der Waals surface area contributed by atoms with Gasteiger partial charge < -0.3 is 21.2 Å². The van der Waals surface area contributed by atoms with Gasteiger partial charge in [-0.05, 0) is 23.8 Å². The zero-order valence-corrected chi connectivity index (χ0v) is 14.6. The summed E-state index contributed by atoms with van der Waals surface area (Å²) in [5.41, 5.74) is 13.2. The number of anilines is 1. The minimum atomic E-state index is -0.793. The molecule has 0 spiro atoms. The predicted octanol–water partition coefficient (Wildman–Crippen LogP) is 2.89. The van der Waals surface area contributed by atoms with E-state index in [1.165, 1.54) is 5.56 Å². The largest absolute Gasteiger partial charge is 0.493 e. The van der Waals surface area contributed by atoms with E-state index in [1.54, 1.807) is 6.07 Å². The molecule has 3 amide bonds. The molecule has 0 fully saturated rings. The van der Waals surface area contributed by atoms with E-state index in [1.807, 2.05) is 54.6 Å². The number of nitrogens with two attached hydrogens (primary N) is 2. The summed E-state index contributed by atoms with van der Waals surface area (Å²) in [7, 11) is 0. The lowest BCUT2D eigenvalue weighted by molar-refractivity contribution is 0.100. The SMILES string of the molecule is NC(=O)Nc1[nH]c(-c2ccccc2OCCc2ccccc2)cc1C(N)=O. The van der Waals surface area contributed by atoms with E-state index < -0.39 is 11.9 Å². The summed E-state index contributed by atoms with van der Waals surface area (Å²) < 4.78 is 5.94. The number of para-hydroxylation sites is 1. The van der Waals surface area contributed by atoms with E-state index >= 15 is 0 Å². The van der Waals surface area contributed by atoms with Crippen molar-refractivity contribution >= 4 is 17.8 Å². The van der Waals surface area contributed by atoms with Crippen LogP contribution < -0.4 is 21.5 Å². The average molecular weight is 364 g/mol. The summed E-state index contributed by atoms with van der Waals surface area (Å²) in [6, 6.07) is 18.2. The van der Waals surface area contributed by atoms with Crippen LogP contribution in [0, 0.1) is 0 Å². The van der Waals surface area contributed by atoms with Gasteiger partial charge in [0.05, 0.1) is 17.9 Å². The molecule has 6 N–H and O–H groups in total. The van der Waals surface area contributed by atoms with E-state index in [9.17, 15) is 9.59 Å². The molecule has 3 rings (SSSR count). The predicted molar refractivity (Wildman–Crippen MR) is 104 cm³/mol. The summed E-state index contributed by atoms with van der Waals surface area (Å²) in [4.78, 5) is 25.8. The quantitative estimate of drug-likeness (QED) is 0.515. The number of ether oxygens (including phenoxy) is 1. The summed E-state index contributed by atoms with van der Waals surface area (Å²) in [6.07, 6.45) is 0.765. The molecule has 2 aromatic carbocycles. The lowest BCUT2D eigenvalue weighted by Gasteiger charge is -2.10. The number of primary amides is 2. The van der Waals surface area contributed by atoms with Gasteiger partial charge in [-0.25, -0.2) is 4.79 Å². The normalized spacial score (nSPS) is 10.4. The van der Waals surface area contributed by atoms with Crippen molar-refractivity contribution in [2.45, 2.75) is 6.42 Å². The molecule has 7 nitrogen and oxygen atoms in total. The topological polar surface area (TPSA) is 123 Å². The molecule has 0 saturated carbocycles. The fourth-order valence-corrected chi connectivity index (χ4v) is 2.75. The highest BCUT2D eigenvalue weighted by Gasteiger charge is 2.17. The third-order valence-electron chi connectivity index (χ3n) is 4.00. The van der Waals surface area contributed by atoms with Gasteiger partial charge in [0.1, 0.15) is 11.6 Å². The molecule has 0 aliphatic rings. The van der Waals surface area contributed by atoms with Crippen LogP contribution in [-0.4, -0.2) is 23.5 Å². The maximum atomic E-state index is 11.6. The number of urea groups is 1. The summed E-state index contributed by atoms with van der Waals surface area (Å²) in [5.74, 6) is 0.129. The first-order valence-electron chi connectivity index (χ1n) is 8.40. The molecule has 0 aliphatic heterocycles. The molecule has 1 aromatic heterocycles. The molecule has 27 heavy (non-hydrogen) atoms. The minimum Gasteiger partial charge on any atom is -0.493 e. The van der Waals surface area contributed by atoms with Gasteiger partial charge in [-0.2, -0.15) is 0 Å². The lowest BCUT2D eigenvalue weighted by atomic mass is 10.1. The van der Waals surface area contributed by atoms with E-state index in [2.05, 4.69) is 10.3 Å². The second-order valence-corrected chi connectivity index (χ2v) is 5.91. The number of nitrogens with one attached hydrogen (secondary N) is 2. The van der Waals surface area contributed by atoms with Crippen LogP contribution in [0.4, 0.5) is 10.6 Å². The van der Waals surface area contributed by atoms with Crippen LogP contribution in [0.3, 0.4) is 0 Å². The van der Waals surface area contributed by atoms with Crippen LogP contribution in [0.25, 0.3) is 11.3 Å². The Bertz CT molecular complexity index is 951. The molecule has 1 heterocycles. The van der Waals surface area contributed by atoms with Crippen LogP contribution in [0.2, 0.25) is 0 Å². The Morgan fingerprint density at radius 1 is 1.00 bits per heavy atom. The smallest absolute Gasteiger partial charge is 0.317 e. The Hall–Kier alpha value is -3.74. The number of H-pyrrole nitrogens is 1. The highest BCUT2D eigenvalue weighted by molar-refractivity contribution is 6.03. The number of carbonyl (C=O) groups is 2. The molecule has 0 aliphatic carbocycles. The fourth-order valence-electron chi connectivity index (χ4n) is 2.75. The monoisotopic (exact) mass is 364 g/mol. The molecule has 138 valence electrons. The van der Waals surface area contributed by atoms with Gasteiger partial charge >= 0.3 is 6.03 Å². The Morgan fingerprint density at radius 3 is 2.41 bits per heavy atom. The highest BCUT2D eigenvalue weighted by atomic mass is 16.5. The van der Waals surface area contributed by atoms with E-state index in [0.717, 1.165) is 12.0 Å². The summed E-state index contributed by atoms with van der Waals surface area (Å²) in [6.45, 7) is 0.497. The highest BCUT2D eigenvalue weighted by Crippen LogP contribution is 2.32. The van der Waals surface area contributed by atoms with Gasteiger partial charge in [-0.1, -0.05) is 42.5 Å². The van der Waals surface area contributed by atoms with Gasteiger partial charge in [0.25, 0.3) is 5.91 Å². The molecule has 0 saturated heterocycles. The van der Waals surface area contributed by atoms with Crippen molar-refractivity contribution in [1.82, 2.24) is 4.98 Å². The number of hydrogen-bond donors (Lipinski definition) is 4. The first kappa shape index (κ1) is 18.1. The van der Waals surface area contributed by atoms with Crippen molar-refractivity contribution in [1.29, 1.82) is 0 Å². The van der Waals surface area contributed by atoms with Crippen LogP contribution in [0.5, 0.6) is 5.75 Å². The average Bonchev–Trinajstić information content (AvgIpc) is 3.06. The van der Waals surface area contributed by atoms with Crippen molar-refractivity contribution in [2.75, 3.05) is 11.9 Å². The first-order valence-corrected chi connectivity index (χ1v) is 8.40. The molecular weight excluding hydrogens is 344 g/mol. The standard InChI is InChI=1S/C20H20N4O3/c21-18(25)15-12-16(23-19(15)24-20(22)26)14-8-4-5-9-17(14)27-11-10-13-6-2-1-3-7-13/h1-9,12,23H,10-11H2,(H2,21,25)(H3,22,24,26). The number of carbonyl (C=O) groups excluding carboxylic acids is 2. The lowest BCUT2D eigenvalue weighted by Crippen LogP contribution is -2.22. The molecule has 0 radical (unpaired) electrons. The van der Waals surface area contributed by atoms with Crippen LogP contribution in [-0.2, 0) is 6.42 Å². The number of benzene rings is 2.